The van der Waals surface area contributed by atoms with Crippen LogP contribution < -0.4 is 0 Å². The van der Waals surface area contributed by atoms with Crippen molar-refractivity contribution >= 4 is 35.5 Å². The Morgan fingerprint density at radius 1 is 0.841 bits per heavy atom. The van der Waals surface area contributed by atoms with Crippen molar-refractivity contribution in [2.45, 2.75) is 153 Å². The van der Waals surface area contributed by atoms with E-state index in [1.54, 1.807) is 0 Å². The first-order valence-electron chi connectivity index (χ1n) is 17.2. The highest BCUT2D eigenvalue weighted by atomic mass is 79.9. The Morgan fingerprint density at radius 2 is 1.43 bits per heavy atom. The number of hydrogen-bond donors (Lipinski definition) is 0. The summed E-state index contributed by atoms with van der Waals surface area (Å²) in [6.07, 6.45) is 20.7. The highest BCUT2D eigenvalue weighted by Crippen LogP contribution is 2.49. The predicted octanol–water partition coefficient (Wildman–Crippen LogP) is 10.4. The van der Waals surface area contributed by atoms with Gasteiger partial charge in [-0.2, -0.15) is 17.0 Å². The van der Waals surface area contributed by atoms with Gasteiger partial charge in [0, 0.05) is 23.3 Å². The SMILES string of the molecule is CC(C)(C)SCCCCCCCCCCCCCCCCOC[C@H](COP(=O)(OCCBr)OCCC#N)OC1CCCCO1. The van der Waals surface area contributed by atoms with Crippen LogP contribution >= 0.6 is 35.5 Å². The van der Waals surface area contributed by atoms with Gasteiger partial charge < -0.3 is 14.2 Å². The highest BCUT2D eigenvalue weighted by molar-refractivity contribution is 9.09. The van der Waals surface area contributed by atoms with Crippen molar-refractivity contribution in [2.75, 3.05) is 50.7 Å². The lowest BCUT2D eigenvalue weighted by atomic mass is 10.0. The number of alkyl halides is 1. The van der Waals surface area contributed by atoms with E-state index in [-0.39, 0.29) is 32.5 Å². The maximum atomic E-state index is 13.0. The average molecular weight is 729 g/mol. The van der Waals surface area contributed by atoms with Crippen LogP contribution in [0.15, 0.2) is 0 Å². The summed E-state index contributed by atoms with van der Waals surface area (Å²) in [7, 11) is -3.81. The van der Waals surface area contributed by atoms with Crippen LogP contribution in [0.2, 0.25) is 0 Å². The first-order chi connectivity index (χ1) is 21.3. The van der Waals surface area contributed by atoms with Gasteiger partial charge in [0.25, 0.3) is 0 Å². The van der Waals surface area contributed by atoms with Crippen molar-refractivity contribution in [3.63, 3.8) is 0 Å². The number of thioether (sulfide) groups is 1. The van der Waals surface area contributed by atoms with Crippen LogP contribution in [0, 0.1) is 11.3 Å². The molecule has 0 amide bonds. The second-order valence-corrected chi connectivity index (χ2v) is 16.9. The van der Waals surface area contributed by atoms with E-state index in [2.05, 4.69) is 48.5 Å². The molecule has 11 heteroatoms. The number of phosphoric acid groups is 1. The quantitative estimate of drug-likeness (QED) is 0.0407. The molecule has 3 atom stereocenters. The largest absolute Gasteiger partial charge is 0.474 e. The maximum Gasteiger partial charge on any atom is 0.474 e. The summed E-state index contributed by atoms with van der Waals surface area (Å²) >= 11 is 5.35. The van der Waals surface area contributed by atoms with E-state index in [4.69, 9.17) is 33.0 Å². The van der Waals surface area contributed by atoms with E-state index in [0.717, 1.165) is 32.1 Å². The van der Waals surface area contributed by atoms with Gasteiger partial charge in [-0.05, 0) is 37.9 Å². The second kappa shape index (κ2) is 28.3. The normalized spacial score (nSPS) is 17.8. The van der Waals surface area contributed by atoms with Gasteiger partial charge >= 0.3 is 7.82 Å². The zero-order valence-corrected chi connectivity index (χ0v) is 31.4. The number of hydrogen-bond acceptors (Lipinski definition) is 9. The maximum absolute atomic E-state index is 13.0. The molecule has 0 saturated carbocycles. The first-order valence-corrected chi connectivity index (χ1v) is 20.8. The molecule has 0 aromatic carbocycles. The molecule has 1 saturated heterocycles. The van der Waals surface area contributed by atoms with Crippen LogP contribution in [0.4, 0.5) is 0 Å². The van der Waals surface area contributed by atoms with Crippen LogP contribution in [0.25, 0.3) is 0 Å². The Balaban J connectivity index is 2.11. The second-order valence-electron chi connectivity index (χ2n) is 12.5. The molecule has 0 aromatic heterocycles. The Labute approximate surface area is 282 Å². The van der Waals surface area contributed by atoms with Crippen molar-refractivity contribution in [3.8, 4) is 6.07 Å². The summed E-state index contributed by atoms with van der Waals surface area (Å²) in [6.45, 7) is 8.67. The number of halogens is 1. The van der Waals surface area contributed by atoms with Crippen molar-refractivity contribution in [1.29, 1.82) is 5.26 Å². The van der Waals surface area contributed by atoms with Crippen LogP contribution in [0.3, 0.4) is 0 Å². The summed E-state index contributed by atoms with van der Waals surface area (Å²) in [5, 5.41) is 9.26. The van der Waals surface area contributed by atoms with Gasteiger partial charge in [-0.1, -0.05) is 114 Å². The highest BCUT2D eigenvalue weighted by Gasteiger charge is 2.30. The Kier molecular flexibility index (Phi) is 27.3. The third kappa shape index (κ3) is 26.4. The lowest BCUT2D eigenvalue weighted by Gasteiger charge is -2.28. The van der Waals surface area contributed by atoms with Gasteiger partial charge in [-0.25, -0.2) is 4.57 Å². The van der Waals surface area contributed by atoms with E-state index in [1.807, 2.05) is 6.07 Å². The van der Waals surface area contributed by atoms with Gasteiger partial charge in [0.05, 0.1) is 38.9 Å². The van der Waals surface area contributed by atoms with Gasteiger partial charge in [0.1, 0.15) is 6.10 Å². The van der Waals surface area contributed by atoms with Crippen molar-refractivity contribution in [2.24, 2.45) is 0 Å². The molecular formula is C33H63BrNO7PS. The molecule has 8 nitrogen and oxygen atoms in total. The van der Waals surface area contributed by atoms with Crippen LogP contribution in [0.5, 0.6) is 0 Å². The predicted molar refractivity (Wildman–Crippen MR) is 186 cm³/mol. The van der Waals surface area contributed by atoms with E-state index in [1.165, 1.54) is 82.8 Å². The molecule has 1 aliphatic rings. The molecule has 0 N–H and O–H groups in total. The lowest BCUT2D eigenvalue weighted by Crippen LogP contribution is -2.33. The fourth-order valence-electron chi connectivity index (χ4n) is 4.82. The molecule has 0 bridgehead atoms. The van der Waals surface area contributed by atoms with Gasteiger partial charge in [-0.15, -0.1) is 0 Å². The molecule has 260 valence electrons. The summed E-state index contributed by atoms with van der Waals surface area (Å²) in [5.41, 5.74) is 0. The summed E-state index contributed by atoms with van der Waals surface area (Å²) in [4.78, 5) is 0. The third-order valence-electron chi connectivity index (χ3n) is 7.21. The van der Waals surface area contributed by atoms with E-state index < -0.39 is 13.9 Å². The minimum absolute atomic E-state index is 0.0110. The van der Waals surface area contributed by atoms with Crippen molar-refractivity contribution < 1.29 is 32.3 Å². The Bertz CT molecular complexity index is 747. The molecule has 44 heavy (non-hydrogen) atoms. The minimum atomic E-state index is -3.81. The monoisotopic (exact) mass is 727 g/mol. The molecule has 1 heterocycles. The number of nitrogens with zero attached hydrogens (tertiary/aromatic N) is 1. The standard InChI is InChI=1S/C33H63BrNO7PS/c1-33(2,3)44-28-19-15-13-11-9-7-5-4-6-8-10-12-14-17-24-37-29-31(42-32-21-16-18-25-38-32)30-41-43(36,40-27-22-34)39-26-20-23-35/h31-32H,4-22,24-30H2,1-3H3/t31-,32?,43?/m1/s1. The molecule has 0 spiro atoms. The number of ether oxygens (including phenoxy) is 3. The van der Waals surface area contributed by atoms with Crippen molar-refractivity contribution in [1.82, 2.24) is 0 Å². The molecule has 0 aliphatic carbocycles. The molecule has 0 aromatic rings. The fourth-order valence-corrected chi connectivity index (χ4v) is 7.39. The summed E-state index contributed by atoms with van der Waals surface area (Å²) in [6, 6.07) is 1.97. The summed E-state index contributed by atoms with van der Waals surface area (Å²) < 4.78 is 47.4. The molecule has 2 unspecified atom stereocenters. The third-order valence-corrected chi connectivity index (χ3v) is 10.4. The Morgan fingerprint density at radius 3 is 1.98 bits per heavy atom. The van der Waals surface area contributed by atoms with Crippen LogP contribution in [-0.4, -0.2) is 67.9 Å². The van der Waals surface area contributed by atoms with Crippen LogP contribution in [0.1, 0.15) is 136 Å². The first kappa shape index (κ1) is 42.3. The van der Waals surface area contributed by atoms with Crippen molar-refractivity contribution in [3.05, 3.63) is 0 Å². The number of rotatable bonds is 30. The van der Waals surface area contributed by atoms with Crippen LogP contribution in [-0.2, 0) is 32.3 Å². The minimum Gasteiger partial charge on any atom is -0.379 e. The molecule has 1 fully saturated rings. The zero-order chi connectivity index (χ0) is 32.2. The Hall–Kier alpha value is 0.310. The number of nitriles is 1. The average Bonchev–Trinajstić information content (AvgIpc) is 3.00. The lowest BCUT2D eigenvalue weighted by molar-refractivity contribution is -0.204. The fraction of sp³-hybridized carbons (Fsp3) is 0.970. The molecular weight excluding hydrogens is 665 g/mol. The topological polar surface area (TPSA) is 96.2 Å². The van der Waals surface area contributed by atoms with E-state index in [9.17, 15) is 4.57 Å². The van der Waals surface area contributed by atoms with Gasteiger partial charge in [0.2, 0.25) is 0 Å². The number of phosphoric ester groups is 1. The number of unbranched alkanes of at least 4 members (excludes halogenated alkanes) is 13. The molecule has 1 aliphatic heterocycles. The van der Waals surface area contributed by atoms with E-state index in [0.29, 0.717) is 29.9 Å². The molecule has 0 radical (unpaired) electrons. The summed E-state index contributed by atoms with van der Waals surface area (Å²) in [5.74, 6) is 1.30. The van der Waals surface area contributed by atoms with E-state index >= 15 is 0 Å². The zero-order valence-electron chi connectivity index (χ0n) is 28.1. The smallest absolute Gasteiger partial charge is 0.379 e. The van der Waals surface area contributed by atoms with Gasteiger partial charge in [0.15, 0.2) is 6.29 Å². The molecule has 1 rings (SSSR count). The van der Waals surface area contributed by atoms with Gasteiger partial charge in [-0.3, -0.25) is 13.6 Å².